The SMILES string of the molecule is CO[C@@H]1C[C@@H](c2ncn[nH]2)N(Cc2ccc(C(F)(F)F)cn2)C1. The Morgan fingerprint density at radius 2 is 2.17 bits per heavy atom. The van der Waals surface area contributed by atoms with Gasteiger partial charge in [-0.05, 0) is 18.6 Å². The minimum atomic E-state index is -4.37. The van der Waals surface area contributed by atoms with Crippen molar-refractivity contribution >= 4 is 0 Å². The molecule has 0 amide bonds. The maximum atomic E-state index is 12.6. The van der Waals surface area contributed by atoms with Gasteiger partial charge in [0.2, 0.25) is 0 Å². The number of halogens is 3. The standard InChI is InChI=1S/C14H16F3N5O/c1-23-11-4-12(13-19-8-20-21-13)22(7-11)6-10-3-2-9(5-18-10)14(15,16)17/h2-3,5,8,11-12H,4,6-7H2,1H3,(H,19,20,21)/t11-,12+/m1/s1. The van der Waals surface area contributed by atoms with Crippen molar-refractivity contribution in [2.75, 3.05) is 13.7 Å². The first-order valence-electron chi connectivity index (χ1n) is 7.11. The molecule has 2 atom stereocenters. The molecule has 0 radical (unpaired) electrons. The zero-order valence-electron chi connectivity index (χ0n) is 12.4. The molecule has 1 aliphatic heterocycles. The van der Waals surface area contributed by atoms with E-state index in [-0.39, 0.29) is 12.1 Å². The van der Waals surface area contributed by atoms with E-state index < -0.39 is 11.7 Å². The summed E-state index contributed by atoms with van der Waals surface area (Å²) in [5, 5.41) is 6.69. The minimum absolute atomic E-state index is 0.0217. The average Bonchev–Trinajstić information content (AvgIpc) is 3.15. The van der Waals surface area contributed by atoms with Crippen molar-refractivity contribution in [3.8, 4) is 0 Å². The summed E-state index contributed by atoms with van der Waals surface area (Å²) in [6, 6.07) is 2.43. The average molecular weight is 327 g/mol. The number of ether oxygens (including phenoxy) is 1. The largest absolute Gasteiger partial charge is 0.417 e. The number of methoxy groups -OCH3 is 1. The van der Waals surface area contributed by atoms with Crippen LogP contribution in [0.2, 0.25) is 0 Å². The lowest BCUT2D eigenvalue weighted by Crippen LogP contribution is -2.26. The number of aromatic nitrogens is 4. The van der Waals surface area contributed by atoms with Crippen LogP contribution >= 0.6 is 0 Å². The highest BCUT2D eigenvalue weighted by Crippen LogP contribution is 2.33. The molecule has 1 N–H and O–H groups in total. The van der Waals surface area contributed by atoms with Gasteiger partial charge in [-0.25, -0.2) is 4.98 Å². The molecule has 0 aromatic carbocycles. The number of nitrogens with zero attached hydrogens (tertiary/aromatic N) is 4. The Hall–Kier alpha value is -2.00. The van der Waals surface area contributed by atoms with E-state index >= 15 is 0 Å². The number of likely N-dealkylation sites (tertiary alicyclic amines) is 1. The van der Waals surface area contributed by atoms with Gasteiger partial charge in [-0.15, -0.1) is 0 Å². The molecular formula is C14H16F3N5O. The molecule has 3 heterocycles. The zero-order chi connectivity index (χ0) is 16.4. The molecule has 0 saturated carbocycles. The molecule has 0 unspecified atom stereocenters. The number of rotatable bonds is 4. The maximum Gasteiger partial charge on any atom is 0.417 e. The molecule has 1 fully saturated rings. The van der Waals surface area contributed by atoms with Gasteiger partial charge >= 0.3 is 6.18 Å². The van der Waals surface area contributed by atoms with Crippen molar-refractivity contribution in [2.45, 2.75) is 31.3 Å². The molecule has 2 aromatic rings. The predicted molar refractivity (Wildman–Crippen MR) is 74.2 cm³/mol. The predicted octanol–water partition coefficient (Wildman–Crippen LogP) is 2.18. The molecule has 0 aliphatic carbocycles. The van der Waals surface area contributed by atoms with E-state index in [0.717, 1.165) is 24.5 Å². The van der Waals surface area contributed by atoms with Crippen molar-refractivity contribution in [1.29, 1.82) is 0 Å². The maximum absolute atomic E-state index is 12.6. The van der Waals surface area contributed by atoms with Crippen molar-refractivity contribution < 1.29 is 17.9 Å². The van der Waals surface area contributed by atoms with Gasteiger partial charge in [-0.1, -0.05) is 0 Å². The Bertz CT molecular complexity index is 629. The van der Waals surface area contributed by atoms with Gasteiger partial charge in [-0.3, -0.25) is 15.0 Å². The third kappa shape index (κ3) is 3.50. The van der Waals surface area contributed by atoms with Gasteiger partial charge < -0.3 is 4.74 Å². The van der Waals surface area contributed by atoms with Crippen LogP contribution in [-0.4, -0.2) is 44.8 Å². The second-order valence-electron chi connectivity index (χ2n) is 5.45. The number of H-pyrrole nitrogens is 1. The summed E-state index contributed by atoms with van der Waals surface area (Å²) in [6.45, 7) is 1.08. The summed E-state index contributed by atoms with van der Waals surface area (Å²) in [4.78, 5) is 10.2. The minimum Gasteiger partial charge on any atom is -0.380 e. The van der Waals surface area contributed by atoms with E-state index in [4.69, 9.17) is 4.74 Å². The highest BCUT2D eigenvalue weighted by molar-refractivity contribution is 5.17. The van der Waals surface area contributed by atoms with E-state index in [9.17, 15) is 13.2 Å². The molecule has 0 bridgehead atoms. The Kier molecular flexibility index (Phi) is 4.31. The summed E-state index contributed by atoms with van der Waals surface area (Å²) < 4.78 is 43.1. The Morgan fingerprint density at radius 1 is 1.35 bits per heavy atom. The Morgan fingerprint density at radius 3 is 2.74 bits per heavy atom. The van der Waals surface area contributed by atoms with Crippen LogP contribution in [0, 0.1) is 0 Å². The Balaban J connectivity index is 1.75. The van der Waals surface area contributed by atoms with Gasteiger partial charge in [0, 0.05) is 26.4 Å². The van der Waals surface area contributed by atoms with Crippen molar-refractivity contribution in [3.63, 3.8) is 0 Å². The van der Waals surface area contributed by atoms with Crippen LogP contribution in [0.25, 0.3) is 0 Å². The Labute approximate surface area is 130 Å². The number of hydrogen-bond acceptors (Lipinski definition) is 5. The molecule has 23 heavy (non-hydrogen) atoms. The van der Waals surface area contributed by atoms with Crippen LogP contribution < -0.4 is 0 Å². The van der Waals surface area contributed by atoms with Crippen LogP contribution in [0.1, 0.15) is 29.5 Å². The molecular weight excluding hydrogens is 311 g/mol. The summed E-state index contributed by atoms with van der Waals surface area (Å²) in [5.41, 5.74) is -0.177. The normalized spacial score (nSPS) is 22.6. The molecule has 2 aromatic heterocycles. The fraction of sp³-hybridized carbons (Fsp3) is 0.500. The molecule has 9 heteroatoms. The summed E-state index contributed by atoms with van der Waals surface area (Å²) >= 11 is 0. The first kappa shape index (κ1) is 15.9. The quantitative estimate of drug-likeness (QED) is 0.932. The summed E-state index contributed by atoms with van der Waals surface area (Å²) in [7, 11) is 1.64. The molecule has 0 spiro atoms. The number of hydrogen-bond donors (Lipinski definition) is 1. The van der Waals surface area contributed by atoms with Gasteiger partial charge in [0.1, 0.15) is 12.2 Å². The molecule has 124 valence electrons. The first-order chi connectivity index (χ1) is 11.0. The van der Waals surface area contributed by atoms with Crippen LogP contribution in [0.4, 0.5) is 13.2 Å². The van der Waals surface area contributed by atoms with Crippen LogP contribution in [0.5, 0.6) is 0 Å². The van der Waals surface area contributed by atoms with Gasteiger partial charge in [0.05, 0.1) is 23.4 Å². The highest BCUT2D eigenvalue weighted by atomic mass is 19.4. The van der Waals surface area contributed by atoms with Crippen LogP contribution in [-0.2, 0) is 17.5 Å². The van der Waals surface area contributed by atoms with Gasteiger partial charge in [0.15, 0.2) is 0 Å². The lowest BCUT2D eigenvalue weighted by atomic mass is 10.2. The molecule has 1 aliphatic rings. The second-order valence-corrected chi connectivity index (χ2v) is 5.45. The third-order valence-corrected chi connectivity index (χ3v) is 3.96. The third-order valence-electron chi connectivity index (χ3n) is 3.96. The van der Waals surface area contributed by atoms with Crippen LogP contribution in [0.15, 0.2) is 24.7 Å². The number of aromatic amines is 1. The summed E-state index contributed by atoms with van der Waals surface area (Å²) in [5.74, 6) is 0.719. The molecule has 1 saturated heterocycles. The number of pyridine rings is 1. The topological polar surface area (TPSA) is 66.9 Å². The smallest absolute Gasteiger partial charge is 0.380 e. The fourth-order valence-electron chi connectivity index (χ4n) is 2.76. The number of alkyl halides is 3. The lowest BCUT2D eigenvalue weighted by Gasteiger charge is -2.21. The summed E-state index contributed by atoms with van der Waals surface area (Å²) in [6.07, 6.45) is -1.29. The van der Waals surface area contributed by atoms with Crippen molar-refractivity contribution in [3.05, 3.63) is 41.7 Å². The van der Waals surface area contributed by atoms with E-state index in [2.05, 4.69) is 25.1 Å². The monoisotopic (exact) mass is 327 g/mol. The molecule has 6 nitrogen and oxygen atoms in total. The van der Waals surface area contributed by atoms with E-state index in [0.29, 0.717) is 18.8 Å². The fourth-order valence-corrected chi connectivity index (χ4v) is 2.76. The first-order valence-corrected chi connectivity index (χ1v) is 7.11. The van der Waals surface area contributed by atoms with Gasteiger partial charge in [0.25, 0.3) is 0 Å². The van der Waals surface area contributed by atoms with E-state index in [1.165, 1.54) is 12.4 Å². The van der Waals surface area contributed by atoms with Crippen molar-refractivity contribution in [2.24, 2.45) is 0 Å². The lowest BCUT2D eigenvalue weighted by molar-refractivity contribution is -0.137. The van der Waals surface area contributed by atoms with E-state index in [1.54, 1.807) is 7.11 Å². The second kappa shape index (κ2) is 6.25. The highest BCUT2D eigenvalue weighted by Gasteiger charge is 2.35. The van der Waals surface area contributed by atoms with E-state index in [1.807, 2.05) is 0 Å². The van der Waals surface area contributed by atoms with Crippen molar-refractivity contribution in [1.82, 2.24) is 25.1 Å². The number of nitrogens with one attached hydrogen (secondary N) is 1. The van der Waals surface area contributed by atoms with Crippen LogP contribution in [0.3, 0.4) is 0 Å². The van der Waals surface area contributed by atoms with Gasteiger partial charge in [-0.2, -0.15) is 18.3 Å². The zero-order valence-corrected chi connectivity index (χ0v) is 12.4. The molecule has 3 rings (SSSR count).